The number of ketones is 2. The average Bonchev–Trinajstić information content (AvgIpc) is 3.19. The summed E-state index contributed by atoms with van der Waals surface area (Å²) in [6, 6.07) is 11.3. The Morgan fingerprint density at radius 2 is 1.79 bits per heavy atom. The van der Waals surface area contributed by atoms with E-state index in [0.29, 0.717) is 17.1 Å². The zero-order valence-electron chi connectivity index (χ0n) is 14.9. The van der Waals surface area contributed by atoms with Gasteiger partial charge in [-0.25, -0.2) is 0 Å². The fourth-order valence-electron chi connectivity index (χ4n) is 3.47. The van der Waals surface area contributed by atoms with Crippen LogP contribution in [0.2, 0.25) is 0 Å². The number of aliphatic hydroxyl groups excluding tert-OH is 1. The zero-order chi connectivity index (χ0) is 19.8. The van der Waals surface area contributed by atoms with Crippen LogP contribution in [-0.2, 0) is 14.3 Å². The molecule has 0 saturated carbocycles. The van der Waals surface area contributed by atoms with E-state index < -0.39 is 23.5 Å². The normalized spacial score (nSPS) is 16.0. The van der Waals surface area contributed by atoms with Crippen molar-refractivity contribution >= 4 is 23.3 Å². The number of benzene rings is 2. The van der Waals surface area contributed by atoms with Gasteiger partial charge in [-0.15, -0.1) is 0 Å². The largest absolute Gasteiger partial charge is 0.507 e. The molecule has 1 aliphatic carbocycles. The monoisotopic (exact) mass is 380 g/mol. The van der Waals surface area contributed by atoms with E-state index in [1.165, 1.54) is 13.2 Å². The summed E-state index contributed by atoms with van der Waals surface area (Å²) < 4.78 is 15.4. The highest BCUT2D eigenvalue weighted by molar-refractivity contribution is 6.52. The minimum atomic E-state index is -0.883. The third kappa shape index (κ3) is 2.81. The Morgan fingerprint density at radius 1 is 1.07 bits per heavy atom. The van der Waals surface area contributed by atoms with Crippen LogP contribution in [0.4, 0.5) is 0 Å². The molecule has 2 aromatic carbocycles. The molecule has 1 heterocycles. The van der Waals surface area contributed by atoms with Gasteiger partial charge < -0.3 is 19.3 Å². The Balaban J connectivity index is 1.88. The molecule has 1 N–H and O–H groups in total. The highest BCUT2D eigenvalue weighted by Crippen LogP contribution is 2.41. The number of rotatable bonds is 4. The first kappa shape index (κ1) is 17.8. The number of hydrogen-bond acceptors (Lipinski definition) is 7. The van der Waals surface area contributed by atoms with Crippen molar-refractivity contribution in [3.05, 3.63) is 64.7 Å². The molecule has 1 aliphatic heterocycles. The SMILES string of the molecule is COC(=O)C[C@H](C1=C(O)c2ccccc2C(=O)C1=O)c1ccc2c(c1)OCO2. The van der Waals surface area contributed by atoms with E-state index in [4.69, 9.17) is 14.2 Å². The van der Waals surface area contributed by atoms with Crippen molar-refractivity contribution in [1.82, 2.24) is 0 Å². The van der Waals surface area contributed by atoms with Gasteiger partial charge in [0.2, 0.25) is 18.4 Å². The molecule has 0 saturated heterocycles. The van der Waals surface area contributed by atoms with Crippen LogP contribution in [0.5, 0.6) is 11.5 Å². The third-order valence-electron chi connectivity index (χ3n) is 4.88. The van der Waals surface area contributed by atoms with E-state index in [1.54, 1.807) is 36.4 Å². The minimum Gasteiger partial charge on any atom is -0.507 e. The van der Waals surface area contributed by atoms with Crippen molar-refractivity contribution in [2.75, 3.05) is 13.9 Å². The maximum Gasteiger partial charge on any atom is 0.306 e. The van der Waals surface area contributed by atoms with E-state index in [1.807, 2.05) is 0 Å². The van der Waals surface area contributed by atoms with E-state index in [-0.39, 0.29) is 35.7 Å². The molecule has 0 radical (unpaired) electrons. The fourth-order valence-corrected chi connectivity index (χ4v) is 3.47. The molecule has 7 heteroatoms. The van der Waals surface area contributed by atoms with Crippen LogP contribution in [0.25, 0.3) is 5.76 Å². The summed E-state index contributed by atoms with van der Waals surface area (Å²) >= 11 is 0. The molecule has 1 atom stereocenters. The molecular formula is C21H16O7. The lowest BCUT2D eigenvalue weighted by Crippen LogP contribution is -2.28. The number of fused-ring (bicyclic) bond motifs is 2. The average molecular weight is 380 g/mol. The molecule has 4 rings (SSSR count). The highest BCUT2D eigenvalue weighted by Gasteiger charge is 2.38. The Bertz CT molecular complexity index is 1030. The van der Waals surface area contributed by atoms with Crippen molar-refractivity contribution in [2.45, 2.75) is 12.3 Å². The standard InChI is InChI=1S/C21H16O7/c1-26-17(22)9-14(11-6-7-15-16(8-11)28-10-27-15)18-19(23)12-4-2-3-5-13(12)20(24)21(18)25/h2-8,14,23H,9-10H2,1H3/t14-/m0/s1. The first-order chi connectivity index (χ1) is 13.5. The van der Waals surface area contributed by atoms with Gasteiger partial charge >= 0.3 is 5.97 Å². The molecule has 0 bridgehead atoms. The smallest absolute Gasteiger partial charge is 0.306 e. The van der Waals surface area contributed by atoms with Crippen molar-refractivity contribution in [1.29, 1.82) is 0 Å². The van der Waals surface area contributed by atoms with Gasteiger partial charge in [0, 0.05) is 17.0 Å². The van der Waals surface area contributed by atoms with E-state index in [0.717, 1.165) is 0 Å². The molecule has 0 aromatic heterocycles. The molecule has 2 aliphatic rings. The van der Waals surface area contributed by atoms with Gasteiger partial charge in [-0.2, -0.15) is 0 Å². The first-order valence-corrected chi connectivity index (χ1v) is 8.59. The van der Waals surface area contributed by atoms with E-state index in [9.17, 15) is 19.5 Å². The van der Waals surface area contributed by atoms with Gasteiger partial charge in [0.05, 0.1) is 19.1 Å². The van der Waals surface area contributed by atoms with Gasteiger partial charge in [0.25, 0.3) is 0 Å². The third-order valence-corrected chi connectivity index (χ3v) is 4.88. The number of carbonyl (C=O) groups is 3. The van der Waals surface area contributed by atoms with Crippen molar-refractivity contribution in [2.24, 2.45) is 0 Å². The number of ether oxygens (including phenoxy) is 3. The predicted octanol–water partition coefficient (Wildman–Crippen LogP) is 2.80. The summed E-state index contributed by atoms with van der Waals surface area (Å²) in [5.74, 6) is -2.35. The van der Waals surface area contributed by atoms with Crippen LogP contribution < -0.4 is 9.47 Å². The van der Waals surface area contributed by atoms with Gasteiger partial charge in [-0.05, 0) is 17.7 Å². The quantitative estimate of drug-likeness (QED) is 0.643. The van der Waals surface area contributed by atoms with Crippen LogP contribution >= 0.6 is 0 Å². The van der Waals surface area contributed by atoms with Gasteiger partial charge in [-0.1, -0.05) is 30.3 Å². The van der Waals surface area contributed by atoms with Crippen LogP contribution in [0, 0.1) is 0 Å². The van der Waals surface area contributed by atoms with E-state index >= 15 is 0 Å². The second-order valence-electron chi connectivity index (χ2n) is 6.41. The Kier molecular flexibility index (Phi) is 4.35. The van der Waals surface area contributed by atoms with Crippen molar-refractivity contribution < 1.29 is 33.7 Å². The lowest BCUT2D eigenvalue weighted by molar-refractivity contribution is -0.140. The molecule has 0 amide bonds. The summed E-state index contributed by atoms with van der Waals surface area (Å²) in [5, 5.41) is 10.8. The number of carbonyl (C=O) groups excluding carboxylic acids is 3. The predicted molar refractivity (Wildman–Crippen MR) is 97.3 cm³/mol. The number of esters is 1. The first-order valence-electron chi connectivity index (χ1n) is 8.59. The van der Waals surface area contributed by atoms with Crippen LogP contribution in [0.3, 0.4) is 0 Å². The van der Waals surface area contributed by atoms with Crippen molar-refractivity contribution in [3.63, 3.8) is 0 Å². The maximum absolute atomic E-state index is 12.8. The van der Waals surface area contributed by atoms with Gasteiger partial charge in [0.15, 0.2) is 11.5 Å². The van der Waals surface area contributed by atoms with Crippen LogP contribution in [0.1, 0.15) is 33.8 Å². The topological polar surface area (TPSA) is 99.1 Å². The Hall–Kier alpha value is -3.61. The molecule has 0 spiro atoms. The Morgan fingerprint density at radius 3 is 2.54 bits per heavy atom. The number of methoxy groups -OCH3 is 1. The summed E-state index contributed by atoms with van der Waals surface area (Å²) in [4.78, 5) is 37.5. The second kappa shape index (κ2) is 6.84. The summed E-state index contributed by atoms with van der Waals surface area (Å²) in [7, 11) is 1.23. The summed E-state index contributed by atoms with van der Waals surface area (Å²) in [5.41, 5.74) is 0.790. The second-order valence-corrected chi connectivity index (χ2v) is 6.41. The maximum atomic E-state index is 12.8. The molecule has 0 fully saturated rings. The van der Waals surface area contributed by atoms with Gasteiger partial charge in [-0.3, -0.25) is 14.4 Å². The lowest BCUT2D eigenvalue weighted by Gasteiger charge is -2.24. The summed E-state index contributed by atoms with van der Waals surface area (Å²) in [6.07, 6.45) is -0.225. The molecule has 2 aromatic rings. The number of hydrogen-bond donors (Lipinski definition) is 1. The Labute approximate surface area is 160 Å². The van der Waals surface area contributed by atoms with Crippen LogP contribution in [-0.4, -0.2) is 36.5 Å². The molecule has 142 valence electrons. The zero-order valence-corrected chi connectivity index (χ0v) is 14.9. The molecule has 0 unspecified atom stereocenters. The fraction of sp³-hybridized carbons (Fsp3) is 0.190. The minimum absolute atomic E-state index is 0.0686. The number of aliphatic hydroxyl groups is 1. The number of allylic oxidation sites excluding steroid dienone is 1. The van der Waals surface area contributed by atoms with Crippen molar-refractivity contribution in [3.8, 4) is 11.5 Å². The van der Waals surface area contributed by atoms with Crippen LogP contribution in [0.15, 0.2) is 48.0 Å². The molecule has 28 heavy (non-hydrogen) atoms. The van der Waals surface area contributed by atoms with E-state index in [2.05, 4.69) is 0 Å². The lowest BCUT2D eigenvalue weighted by atomic mass is 9.78. The molecule has 7 nitrogen and oxygen atoms in total. The molecular weight excluding hydrogens is 364 g/mol. The number of Topliss-reactive ketones (excluding diaryl/α,β-unsaturated/α-hetero) is 2. The summed E-state index contributed by atoms with van der Waals surface area (Å²) in [6.45, 7) is 0.0686. The van der Waals surface area contributed by atoms with Gasteiger partial charge in [0.1, 0.15) is 5.76 Å². The highest BCUT2D eigenvalue weighted by atomic mass is 16.7.